The summed E-state index contributed by atoms with van der Waals surface area (Å²) in [6.07, 6.45) is 0. The lowest BCUT2D eigenvalue weighted by atomic mass is 10.2. The van der Waals surface area contributed by atoms with E-state index in [0.29, 0.717) is 4.88 Å². The Labute approximate surface area is 159 Å². The molecule has 0 aliphatic carbocycles. The van der Waals surface area contributed by atoms with E-state index in [0.717, 1.165) is 18.2 Å². The molecule has 0 radical (unpaired) electrons. The normalized spacial score (nSPS) is 12.5. The first-order chi connectivity index (χ1) is 12.9. The summed E-state index contributed by atoms with van der Waals surface area (Å²) in [5, 5.41) is 3.27. The Kier molecular flexibility index (Phi) is 5.67. The van der Waals surface area contributed by atoms with E-state index in [2.05, 4.69) is 5.32 Å². The van der Waals surface area contributed by atoms with Crippen molar-refractivity contribution in [1.29, 1.82) is 0 Å². The third-order valence-electron chi connectivity index (χ3n) is 3.94. The molecular weight excluding hydrogens is 392 g/mol. The maximum atomic E-state index is 13.3. The van der Waals surface area contributed by atoms with Crippen LogP contribution >= 0.6 is 11.3 Å². The van der Waals surface area contributed by atoms with Gasteiger partial charge in [0, 0.05) is 17.0 Å². The average Bonchev–Trinajstić information content (AvgIpc) is 3.19. The van der Waals surface area contributed by atoms with E-state index >= 15 is 0 Å². The van der Waals surface area contributed by atoms with Gasteiger partial charge in [0.1, 0.15) is 5.25 Å². The first kappa shape index (κ1) is 19.2. The lowest BCUT2D eigenvalue weighted by Crippen LogP contribution is -2.31. The third kappa shape index (κ3) is 4.23. The van der Waals surface area contributed by atoms with E-state index in [9.17, 15) is 22.0 Å². The average molecular weight is 407 g/mol. The highest BCUT2D eigenvalue weighted by molar-refractivity contribution is 7.91. The molecule has 0 fully saturated rings. The number of halogens is 2. The Morgan fingerprint density at radius 2 is 1.74 bits per heavy atom. The van der Waals surface area contributed by atoms with Crippen molar-refractivity contribution in [2.75, 3.05) is 6.54 Å². The first-order valence-electron chi connectivity index (χ1n) is 7.95. The second-order valence-electron chi connectivity index (χ2n) is 5.70. The number of rotatable bonds is 6. The van der Waals surface area contributed by atoms with Crippen LogP contribution in [0.3, 0.4) is 0 Å². The van der Waals surface area contributed by atoms with Crippen molar-refractivity contribution in [3.8, 4) is 0 Å². The molecule has 1 aromatic heterocycles. The third-order valence-corrected chi connectivity index (χ3v) is 7.17. The summed E-state index contributed by atoms with van der Waals surface area (Å²) in [4.78, 5) is 13.0. The molecule has 0 saturated heterocycles. The van der Waals surface area contributed by atoms with E-state index in [1.165, 1.54) is 23.5 Å². The monoisotopic (exact) mass is 407 g/mol. The van der Waals surface area contributed by atoms with E-state index in [4.69, 9.17) is 0 Å². The molecule has 3 rings (SSSR count). The highest BCUT2D eigenvalue weighted by atomic mass is 32.2. The van der Waals surface area contributed by atoms with Gasteiger partial charge in [-0.15, -0.1) is 11.3 Å². The van der Waals surface area contributed by atoms with Crippen LogP contribution in [0.1, 0.15) is 20.5 Å². The van der Waals surface area contributed by atoms with Crippen molar-refractivity contribution in [1.82, 2.24) is 5.32 Å². The van der Waals surface area contributed by atoms with Gasteiger partial charge in [0.2, 0.25) is 0 Å². The molecule has 1 atom stereocenters. The van der Waals surface area contributed by atoms with Gasteiger partial charge in [-0.1, -0.05) is 24.3 Å². The quantitative estimate of drug-likeness (QED) is 0.673. The van der Waals surface area contributed by atoms with Crippen LogP contribution in [0.5, 0.6) is 0 Å². The van der Waals surface area contributed by atoms with Crippen molar-refractivity contribution in [2.24, 2.45) is 0 Å². The van der Waals surface area contributed by atoms with Crippen LogP contribution in [0.25, 0.3) is 0 Å². The number of carbonyl (C=O) groups is 1. The molecule has 4 nitrogen and oxygen atoms in total. The molecule has 1 unspecified atom stereocenters. The maximum absolute atomic E-state index is 13.3. The molecule has 140 valence electrons. The second kappa shape index (κ2) is 7.98. The molecule has 1 amide bonds. The SMILES string of the molecule is O=C(NCC(c1cccs1)S(=O)(=O)c1ccccc1)c1ccc(F)c(F)c1. The smallest absolute Gasteiger partial charge is 0.251 e. The fourth-order valence-corrected chi connectivity index (χ4v) is 5.34. The standard InChI is InChI=1S/C19H15F2NO3S2/c20-15-9-8-13(11-16(15)21)19(23)22-12-18(17-7-4-10-26-17)27(24,25)14-5-2-1-3-6-14/h1-11,18H,12H2,(H,22,23). The Morgan fingerprint density at radius 3 is 2.37 bits per heavy atom. The van der Waals surface area contributed by atoms with Crippen LogP contribution in [-0.2, 0) is 9.84 Å². The number of sulfone groups is 1. The Morgan fingerprint density at radius 1 is 1.00 bits per heavy atom. The predicted octanol–water partition coefficient (Wildman–Crippen LogP) is 3.97. The molecular formula is C19H15F2NO3S2. The molecule has 0 bridgehead atoms. The van der Waals surface area contributed by atoms with Crippen LogP contribution in [0.4, 0.5) is 8.78 Å². The van der Waals surface area contributed by atoms with Crippen molar-refractivity contribution in [3.63, 3.8) is 0 Å². The minimum Gasteiger partial charge on any atom is -0.350 e. The van der Waals surface area contributed by atoms with Crippen molar-refractivity contribution in [3.05, 3.63) is 88.1 Å². The van der Waals surface area contributed by atoms with Crippen LogP contribution in [0.15, 0.2) is 70.9 Å². The van der Waals surface area contributed by atoms with Gasteiger partial charge in [0.15, 0.2) is 21.5 Å². The number of nitrogens with one attached hydrogen (secondary N) is 1. The zero-order valence-corrected chi connectivity index (χ0v) is 15.6. The molecule has 1 N–H and O–H groups in total. The summed E-state index contributed by atoms with van der Waals surface area (Å²) in [6.45, 7) is -0.199. The zero-order valence-electron chi connectivity index (χ0n) is 13.9. The lowest BCUT2D eigenvalue weighted by Gasteiger charge is -2.17. The van der Waals surface area contributed by atoms with Crippen LogP contribution in [-0.4, -0.2) is 20.9 Å². The minimum atomic E-state index is -3.76. The summed E-state index contributed by atoms with van der Waals surface area (Å²) in [7, 11) is -3.76. The minimum absolute atomic E-state index is 0.0871. The number of amides is 1. The molecule has 0 saturated carbocycles. The van der Waals surface area contributed by atoms with Gasteiger partial charge >= 0.3 is 0 Å². The molecule has 2 aromatic carbocycles. The first-order valence-corrected chi connectivity index (χ1v) is 10.4. The highest BCUT2D eigenvalue weighted by Crippen LogP contribution is 2.31. The lowest BCUT2D eigenvalue weighted by molar-refractivity contribution is 0.0953. The molecule has 0 aliphatic heterocycles. The van der Waals surface area contributed by atoms with Crippen molar-refractivity contribution in [2.45, 2.75) is 10.1 Å². The Bertz CT molecular complexity index is 1040. The second-order valence-corrected chi connectivity index (χ2v) is 8.81. The molecule has 1 heterocycles. The van der Waals surface area contributed by atoms with Gasteiger partial charge in [0.05, 0.1) is 4.90 Å². The van der Waals surface area contributed by atoms with E-state index in [1.807, 2.05) is 0 Å². The fraction of sp³-hybridized carbons (Fsp3) is 0.105. The number of benzene rings is 2. The maximum Gasteiger partial charge on any atom is 0.251 e. The Hall–Kier alpha value is -2.58. The van der Waals surface area contributed by atoms with E-state index in [1.54, 1.807) is 35.7 Å². The van der Waals surface area contributed by atoms with Gasteiger partial charge in [-0.05, 0) is 41.8 Å². The number of carbonyl (C=O) groups excluding carboxylic acids is 1. The molecule has 27 heavy (non-hydrogen) atoms. The summed E-state index contributed by atoms with van der Waals surface area (Å²) in [6, 6.07) is 14.1. The van der Waals surface area contributed by atoms with E-state index < -0.39 is 32.6 Å². The van der Waals surface area contributed by atoms with Crippen molar-refractivity contribution >= 4 is 27.1 Å². The van der Waals surface area contributed by atoms with Crippen LogP contribution in [0, 0.1) is 11.6 Å². The number of thiophene rings is 1. The molecule has 3 aromatic rings. The molecule has 0 aliphatic rings. The van der Waals surface area contributed by atoms with Gasteiger partial charge in [-0.25, -0.2) is 17.2 Å². The molecule has 0 spiro atoms. The van der Waals surface area contributed by atoms with Crippen LogP contribution in [0.2, 0.25) is 0 Å². The fourth-order valence-electron chi connectivity index (χ4n) is 2.54. The van der Waals surface area contributed by atoms with Gasteiger partial charge < -0.3 is 5.32 Å². The topological polar surface area (TPSA) is 63.2 Å². The highest BCUT2D eigenvalue weighted by Gasteiger charge is 2.30. The number of hydrogen-bond donors (Lipinski definition) is 1. The summed E-state index contributed by atoms with van der Waals surface area (Å²) in [5.74, 6) is -2.89. The van der Waals surface area contributed by atoms with Gasteiger partial charge in [0.25, 0.3) is 5.91 Å². The van der Waals surface area contributed by atoms with Crippen LogP contribution < -0.4 is 5.32 Å². The zero-order chi connectivity index (χ0) is 19.4. The summed E-state index contributed by atoms with van der Waals surface area (Å²) in [5.41, 5.74) is -0.0871. The Balaban J connectivity index is 1.85. The van der Waals surface area contributed by atoms with Gasteiger partial charge in [-0.2, -0.15) is 0 Å². The summed E-state index contributed by atoms with van der Waals surface area (Å²) >= 11 is 1.26. The largest absolute Gasteiger partial charge is 0.350 e. The summed E-state index contributed by atoms with van der Waals surface area (Å²) < 4.78 is 52.4. The van der Waals surface area contributed by atoms with Gasteiger partial charge in [-0.3, -0.25) is 4.79 Å². The predicted molar refractivity (Wildman–Crippen MR) is 99.4 cm³/mol. The van der Waals surface area contributed by atoms with Crippen molar-refractivity contribution < 1.29 is 22.0 Å². The number of hydrogen-bond acceptors (Lipinski definition) is 4. The van der Waals surface area contributed by atoms with E-state index in [-0.39, 0.29) is 17.0 Å². The molecule has 8 heteroatoms.